The number of carbonyl (C=O) groups is 1. The normalized spacial score (nSPS) is 11.3. The molecule has 0 unspecified atom stereocenters. The van der Waals surface area contributed by atoms with Crippen LogP contribution in [0.5, 0.6) is 5.75 Å². The van der Waals surface area contributed by atoms with Crippen LogP contribution in [0.4, 0.5) is 11.4 Å². The minimum absolute atomic E-state index is 0.0830. The molecule has 0 aromatic heterocycles. The van der Waals surface area contributed by atoms with E-state index in [1.165, 1.54) is 18.2 Å². The molecule has 31 heavy (non-hydrogen) atoms. The van der Waals surface area contributed by atoms with E-state index in [4.69, 9.17) is 16.3 Å². The summed E-state index contributed by atoms with van der Waals surface area (Å²) in [7, 11) is -3.79. The van der Waals surface area contributed by atoms with Crippen molar-refractivity contribution in [3.05, 3.63) is 89.5 Å². The molecule has 6 nitrogen and oxygen atoms in total. The minimum atomic E-state index is -3.79. The number of anilines is 2. The predicted octanol–water partition coefficient (Wildman–Crippen LogP) is 5.19. The second kappa shape index (κ2) is 10.1. The Hall–Kier alpha value is -3.29. The molecule has 0 bridgehead atoms. The quantitative estimate of drug-likeness (QED) is 0.457. The molecule has 2 N–H and O–H groups in total. The molecule has 0 aliphatic heterocycles. The van der Waals surface area contributed by atoms with Crippen molar-refractivity contribution < 1.29 is 17.9 Å². The van der Waals surface area contributed by atoms with Gasteiger partial charge >= 0.3 is 0 Å². The number of ether oxygens (including phenoxy) is 1. The first-order valence-corrected chi connectivity index (χ1v) is 11.3. The Kier molecular flexibility index (Phi) is 7.33. The number of benzene rings is 3. The monoisotopic (exact) mass is 456 g/mol. The molecule has 0 aliphatic rings. The number of hydrogen-bond donors (Lipinski definition) is 2. The third kappa shape index (κ3) is 6.10. The van der Waals surface area contributed by atoms with Gasteiger partial charge in [0.2, 0.25) is 5.91 Å². The van der Waals surface area contributed by atoms with Crippen LogP contribution in [0.1, 0.15) is 12.5 Å². The third-order valence-corrected chi connectivity index (χ3v) is 5.89. The van der Waals surface area contributed by atoms with Gasteiger partial charge in [0.15, 0.2) is 0 Å². The number of sulfonamides is 1. The summed E-state index contributed by atoms with van der Waals surface area (Å²) >= 11 is 6.02. The smallest absolute Gasteiger partial charge is 0.261 e. The van der Waals surface area contributed by atoms with Crippen molar-refractivity contribution in [2.75, 3.05) is 16.6 Å². The van der Waals surface area contributed by atoms with Crippen LogP contribution in [0, 0.1) is 0 Å². The Morgan fingerprint density at radius 3 is 2.29 bits per heavy atom. The molecule has 3 aromatic rings. The third-order valence-electron chi connectivity index (χ3n) is 4.18. The highest BCUT2D eigenvalue weighted by atomic mass is 35.5. The average molecular weight is 457 g/mol. The molecule has 0 radical (unpaired) electrons. The molecule has 160 valence electrons. The van der Waals surface area contributed by atoms with Crippen LogP contribution >= 0.6 is 11.6 Å². The van der Waals surface area contributed by atoms with Crippen LogP contribution in [0.15, 0.2) is 83.8 Å². The van der Waals surface area contributed by atoms with E-state index in [2.05, 4.69) is 10.0 Å². The fraction of sp³-hybridized carbons (Fsp3) is 0.0870. The van der Waals surface area contributed by atoms with E-state index < -0.39 is 10.0 Å². The van der Waals surface area contributed by atoms with Gasteiger partial charge in [-0.1, -0.05) is 48.0 Å². The lowest BCUT2D eigenvalue weighted by atomic mass is 10.2. The summed E-state index contributed by atoms with van der Waals surface area (Å²) in [6.07, 6.45) is 2.96. The van der Waals surface area contributed by atoms with Crippen molar-refractivity contribution >= 4 is 45.0 Å². The van der Waals surface area contributed by atoms with Gasteiger partial charge in [0.1, 0.15) is 5.75 Å². The predicted molar refractivity (Wildman–Crippen MR) is 124 cm³/mol. The van der Waals surface area contributed by atoms with Crippen molar-refractivity contribution in [3.63, 3.8) is 0 Å². The van der Waals surface area contributed by atoms with E-state index in [1.54, 1.807) is 60.7 Å². The molecule has 0 saturated carbocycles. The summed E-state index contributed by atoms with van der Waals surface area (Å²) in [5.41, 5.74) is 1.55. The van der Waals surface area contributed by atoms with E-state index in [0.717, 1.165) is 0 Å². The first kappa shape index (κ1) is 22.4. The molecule has 1 amide bonds. The van der Waals surface area contributed by atoms with Crippen LogP contribution in [-0.2, 0) is 14.8 Å². The Morgan fingerprint density at radius 1 is 0.968 bits per heavy atom. The van der Waals surface area contributed by atoms with Crippen LogP contribution in [0.3, 0.4) is 0 Å². The van der Waals surface area contributed by atoms with E-state index in [-0.39, 0.29) is 10.8 Å². The first-order chi connectivity index (χ1) is 14.9. The highest BCUT2D eigenvalue weighted by molar-refractivity contribution is 7.92. The van der Waals surface area contributed by atoms with E-state index in [9.17, 15) is 13.2 Å². The van der Waals surface area contributed by atoms with Gasteiger partial charge in [-0.15, -0.1) is 0 Å². The zero-order valence-electron chi connectivity index (χ0n) is 16.7. The van der Waals surface area contributed by atoms with E-state index in [1.807, 2.05) is 13.0 Å². The molecule has 3 rings (SSSR count). The Bertz CT molecular complexity index is 1190. The average Bonchev–Trinajstić information content (AvgIpc) is 2.76. The second-order valence-electron chi connectivity index (χ2n) is 6.41. The van der Waals surface area contributed by atoms with Gasteiger partial charge in [0.05, 0.1) is 27.9 Å². The zero-order valence-corrected chi connectivity index (χ0v) is 18.3. The van der Waals surface area contributed by atoms with Gasteiger partial charge in [-0.25, -0.2) is 8.42 Å². The summed E-state index contributed by atoms with van der Waals surface area (Å²) in [6, 6.07) is 19.9. The maximum absolute atomic E-state index is 12.6. The first-order valence-electron chi connectivity index (χ1n) is 9.47. The molecule has 0 saturated heterocycles. The molecule has 0 spiro atoms. The van der Waals surface area contributed by atoms with Crippen LogP contribution < -0.4 is 14.8 Å². The number of hydrogen-bond acceptors (Lipinski definition) is 4. The highest BCUT2D eigenvalue weighted by Gasteiger charge is 2.15. The molecule has 3 aromatic carbocycles. The fourth-order valence-electron chi connectivity index (χ4n) is 2.70. The number of amides is 1. The maximum atomic E-state index is 12.6. The standard InChI is InChI=1S/C23H21ClN2O4S/c1-2-30-22-10-6-5-9-21(22)25-23(27)16-13-17-11-14-18(15-12-17)31(28,29)26-20-8-4-3-7-19(20)24/h3-16,26H,2H2,1H3,(H,25,27)/b16-13+. The molecule has 0 aliphatic carbocycles. The maximum Gasteiger partial charge on any atom is 0.261 e. The zero-order chi connectivity index (χ0) is 22.3. The van der Waals surface area contributed by atoms with Crippen molar-refractivity contribution in [2.45, 2.75) is 11.8 Å². The lowest BCUT2D eigenvalue weighted by Crippen LogP contribution is -2.13. The van der Waals surface area contributed by atoms with Crippen molar-refractivity contribution in [1.82, 2.24) is 0 Å². The fourth-order valence-corrected chi connectivity index (χ4v) is 4.02. The molecule has 0 fully saturated rings. The number of carbonyl (C=O) groups excluding carboxylic acids is 1. The number of halogens is 1. The van der Waals surface area contributed by atoms with Crippen LogP contribution in [0.2, 0.25) is 5.02 Å². The van der Waals surface area contributed by atoms with E-state index >= 15 is 0 Å². The number of nitrogens with one attached hydrogen (secondary N) is 2. The minimum Gasteiger partial charge on any atom is -0.492 e. The summed E-state index contributed by atoms with van der Waals surface area (Å²) in [6.45, 7) is 2.36. The summed E-state index contributed by atoms with van der Waals surface area (Å²) in [5, 5.41) is 3.07. The van der Waals surface area contributed by atoms with Crippen LogP contribution in [0.25, 0.3) is 6.08 Å². The topological polar surface area (TPSA) is 84.5 Å². The molecular weight excluding hydrogens is 436 g/mol. The SMILES string of the molecule is CCOc1ccccc1NC(=O)/C=C/c1ccc(S(=O)(=O)Nc2ccccc2Cl)cc1. The van der Waals surface area contributed by atoms with Gasteiger partial charge in [0, 0.05) is 6.08 Å². The Morgan fingerprint density at radius 2 is 1.61 bits per heavy atom. The molecule has 0 heterocycles. The number of rotatable bonds is 8. The van der Waals surface area contributed by atoms with Crippen molar-refractivity contribution in [2.24, 2.45) is 0 Å². The Labute approximate surface area is 186 Å². The lowest BCUT2D eigenvalue weighted by Gasteiger charge is -2.10. The van der Waals surface area contributed by atoms with Crippen LogP contribution in [-0.4, -0.2) is 20.9 Å². The molecule has 8 heteroatoms. The summed E-state index contributed by atoms with van der Waals surface area (Å²) in [4.78, 5) is 12.3. The largest absolute Gasteiger partial charge is 0.492 e. The van der Waals surface area contributed by atoms with Gasteiger partial charge in [-0.2, -0.15) is 0 Å². The van der Waals surface area contributed by atoms with Gasteiger partial charge in [-0.3, -0.25) is 9.52 Å². The van der Waals surface area contributed by atoms with Crippen molar-refractivity contribution in [1.29, 1.82) is 0 Å². The van der Waals surface area contributed by atoms with Gasteiger partial charge in [-0.05, 0) is 55.0 Å². The summed E-state index contributed by atoms with van der Waals surface area (Å²) in [5.74, 6) is 0.261. The molecular formula is C23H21ClN2O4S. The molecule has 0 atom stereocenters. The van der Waals surface area contributed by atoms with Gasteiger partial charge < -0.3 is 10.1 Å². The Balaban J connectivity index is 1.67. The van der Waals surface area contributed by atoms with Gasteiger partial charge in [0.25, 0.3) is 10.0 Å². The lowest BCUT2D eigenvalue weighted by molar-refractivity contribution is -0.111. The summed E-state index contributed by atoms with van der Waals surface area (Å²) < 4.78 is 33.1. The highest BCUT2D eigenvalue weighted by Crippen LogP contribution is 2.25. The van der Waals surface area contributed by atoms with Crippen molar-refractivity contribution in [3.8, 4) is 5.75 Å². The second-order valence-corrected chi connectivity index (χ2v) is 8.50. The number of para-hydroxylation sites is 3. The van der Waals surface area contributed by atoms with E-state index in [0.29, 0.717) is 34.3 Å².